The summed E-state index contributed by atoms with van der Waals surface area (Å²) in [5.74, 6) is -0.476. The van der Waals surface area contributed by atoms with Gasteiger partial charge in [0.05, 0.1) is 25.2 Å². The summed E-state index contributed by atoms with van der Waals surface area (Å²) in [7, 11) is 0. The van der Waals surface area contributed by atoms with Gasteiger partial charge in [-0.25, -0.2) is 0 Å². The maximum atomic E-state index is 12.0. The van der Waals surface area contributed by atoms with Crippen LogP contribution >= 0.6 is 0 Å². The Kier molecular flexibility index (Phi) is 7.52. The van der Waals surface area contributed by atoms with Gasteiger partial charge < -0.3 is 14.2 Å². The molecule has 0 amide bonds. The Morgan fingerprint density at radius 1 is 1.30 bits per heavy atom. The number of rotatable bonds is 9. The summed E-state index contributed by atoms with van der Waals surface area (Å²) in [6.45, 7) is 9.07. The van der Waals surface area contributed by atoms with Crippen molar-refractivity contribution >= 4 is 5.97 Å². The third-order valence-corrected chi connectivity index (χ3v) is 3.63. The molecule has 20 heavy (non-hydrogen) atoms. The number of esters is 1. The molecule has 4 heteroatoms. The molecule has 1 rings (SSSR count). The van der Waals surface area contributed by atoms with Gasteiger partial charge >= 0.3 is 5.97 Å². The lowest BCUT2D eigenvalue weighted by molar-refractivity contribution is -0.152. The van der Waals surface area contributed by atoms with Crippen molar-refractivity contribution in [2.45, 2.75) is 78.1 Å². The highest BCUT2D eigenvalue weighted by Crippen LogP contribution is 2.24. The summed E-state index contributed by atoms with van der Waals surface area (Å²) >= 11 is 0. The van der Waals surface area contributed by atoms with Gasteiger partial charge in [-0.05, 0) is 26.7 Å². The third-order valence-electron chi connectivity index (χ3n) is 3.63. The molecular weight excluding hydrogens is 256 g/mol. The van der Waals surface area contributed by atoms with Gasteiger partial charge in [0.2, 0.25) is 0 Å². The summed E-state index contributed by atoms with van der Waals surface area (Å²) < 4.78 is 16.6. The lowest BCUT2D eigenvalue weighted by Gasteiger charge is -2.18. The van der Waals surface area contributed by atoms with Crippen molar-refractivity contribution in [2.75, 3.05) is 13.2 Å². The Bertz CT molecular complexity index is 288. The van der Waals surface area contributed by atoms with Crippen molar-refractivity contribution in [1.82, 2.24) is 0 Å². The van der Waals surface area contributed by atoms with Crippen LogP contribution in [0.2, 0.25) is 0 Å². The van der Waals surface area contributed by atoms with Gasteiger partial charge in [0, 0.05) is 6.42 Å². The molecule has 0 aromatic carbocycles. The zero-order valence-electron chi connectivity index (χ0n) is 13.4. The topological polar surface area (TPSA) is 44.8 Å². The first-order chi connectivity index (χ1) is 9.48. The highest BCUT2D eigenvalue weighted by molar-refractivity contribution is 5.72. The predicted molar refractivity (Wildman–Crippen MR) is 78.4 cm³/mol. The Morgan fingerprint density at radius 2 is 2.05 bits per heavy atom. The Labute approximate surface area is 123 Å². The largest absolute Gasteiger partial charge is 0.465 e. The molecule has 1 aliphatic heterocycles. The summed E-state index contributed by atoms with van der Waals surface area (Å²) in [5.41, 5.74) is 0. The van der Waals surface area contributed by atoms with Crippen LogP contribution in [0.3, 0.4) is 0 Å². The lowest BCUT2D eigenvalue weighted by Crippen LogP contribution is -2.23. The first kappa shape index (κ1) is 17.4. The molecule has 2 atom stereocenters. The Morgan fingerprint density at radius 3 is 2.60 bits per heavy atom. The third kappa shape index (κ3) is 6.23. The zero-order valence-corrected chi connectivity index (χ0v) is 13.4. The normalized spacial score (nSPS) is 22.7. The van der Waals surface area contributed by atoms with Gasteiger partial charge in [-0.2, -0.15) is 0 Å². The van der Waals surface area contributed by atoms with E-state index in [1.807, 2.05) is 13.8 Å². The molecule has 1 saturated heterocycles. The second-order valence-corrected chi connectivity index (χ2v) is 6.03. The number of ether oxygens (including phenoxy) is 3. The fraction of sp³-hybridized carbons (Fsp3) is 0.938. The van der Waals surface area contributed by atoms with Gasteiger partial charge in [0.15, 0.2) is 5.79 Å². The number of carbonyl (C=O) groups excluding carboxylic acids is 1. The number of hydrogen-bond acceptors (Lipinski definition) is 4. The zero-order chi connectivity index (χ0) is 15.0. The summed E-state index contributed by atoms with van der Waals surface area (Å²) in [6, 6.07) is 0. The summed E-state index contributed by atoms with van der Waals surface area (Å²) in [4.78, 5) is 12.0. The maximum Gasteiger partial charge on any atom is 0.308 e. The van der Waals surface area contributed by atoms with Crippen molar-refractivity contribution in [2.24, 2.45) is 5.92 Å². The number of carbonyl (C=O) groups is 1. The SMILES string of the molecule is CCCCC(CCC)C(=O)OCCC1COC(C)(C)O1. The van der Waals surface area contributed by atoms with E-state index in [0.717, 1.165) is 32.1 Å². The fourth-order valence-electron chi connectivity index (χ4n) is 2.49. The average molecular weight is 286 g/mol. The van der Waals surface area contributed by atoms with E-state index in [1.54, 1.807) is 0 Å². The molecule has 0 spiro atoms. The van der Waals surface area contributed by atoms with Crippen LogP contribution in [0, 0.1) is 5.92 Å². The van der Waals surface area contributed by atoms with Crippen LogP contribution in [0.4, 0.5) is 0 Å². The predicted octanol–water partition coefficient (Wildman–Crippen LogP) is 3.68. The number of hydrogen-bond donors (Lipinski definition) is 0. The van der Waals surface area contributed by atoms with Gasteiger partial charge in [0.25, 0.3) is 0 Å². The van der Waals surface area contributed by atoms with Gasteiger partial charge in [-0.15, -0.1) is 0 Å². The van der Waals surface area contributed by atoms with Gasteiger partial charge in [-0.1, -0.05) is 33.1 Å². The first-order valence-corrected chi connectivity index (χ1v) is 7.97. The molecule has 2 unspecified atom stereocenters. The quantitative estimate of drug-likeness (QED) is 0.607. The summed E-state index contributed by atoms with van der Waals surface area (Å²) in [6.07, 6.45) is 5.86. The van der Waals surface area contributed by atoms with Crippen molar-refractivity contribution in [3.63, 3.8) is 0 Å². The van der Waals surface area contributed by atoms with Crippen molar-refractivity contribution in [1.29, 1.82) is 0 Å². The standard InChI is InChI=1S/C16H30O4/c1-5-7-9-13(8-6-2)15(17)18-11-10-14-12-19-16(3,4)20-14/h13-14H,5-12H2,1-4H3. The maximum absolute atomic E-state index is 12.0. The molecule has 0 aliphatic carbocycles. The van der Waals surface area contributed by atoms with Crippen LogP contribution in [-0.4, -0.2) is 31.1 Å². The van der Waals surface area contributed by atoms with E-state index in [1.165, 1.54) is 0 Å². The highest BCUT2D eigenvalue weighted by atomic mass is 16.7. The van der Waals surface area contributed by atoms with E-state index in [4.69, 9.17) is 14.2 Å². The molecule has 4 nitrogen and oxygen atoms in total. The molecule has 0 aromatic rings. The molecule has 0 N–H and O–H groups in total. The molecule has 1 heterocycles. The minimum absolute atomic E-state index is 0.0399. The van der Waals surface area contributed by atoms with Crippen LogP contribution < -0.4 is 0 Å². The Balaban J connectivity index is 2.23. The van der Waals surface area contributed by atoms with Crippen molar-refractivity contribution in [3.05, 3.63) is 0 Å². The van der Waals surface area contributed by atoms with Gasteiger partial charge in [0.1, 0.15) is 0 Å². The van der Waals surface area contributed by atoms with Crippen molar-refractivity contribution in [3.8, 4) is 0 Å². The summed E-state index contributed by atoms with van der Waals surface area (Å²) in [5, 5.41) is 0. The molecule has 118 valence electrons. The molecule has 0 aromatic heterocycles. The molecule has 0 saturated carbocycles. The van der Waals surface area contributed by atoms with E-state index in [9.17, 15) is 4.79 Å². The van der Waals surface area contributed by atoms with Crippen molar-refractivity contribution < 1.29 is 19.0 Å². The molecule has 0 bridgehead atoms. The lowest BCUT2D eigenvalue weighted by atomic mass is 9.97. The molecule has 0 radical (unpaired) electrons. The minimum atomic E-state index is -0.499. The average Bonchev–Trinajstić information content (AvgIpc) is 2.74. The Hall–Kier alpha value is -0.610. The molecular formula is C16H30O4. The van der Waals surface area contributed by atoms with E-state index in [-0.39, 0.29) is 18.0 Å². The van der Waals surface area contributed by atoms with Crippen LogP contribution in [0.25, 0.3) is 0 Å². The van der Waals surface area contributed by atoms with E-state index in [0.29, 0.717) is 19.6 Å². The monoisotopic (exact) mass is 286 g/mol. The molecule has 1 fully saturated rings. The minimum Gasteiger partial charge on any atom is -0.465 e. The van der Waals surface area contributed by atoms with E-state index < -0.39 is 5.79 Å². The second kappa shape index (κ2) is 8.63. The second-order valence-electron chi connectivity index (χ2n) is 6.03. The fourth-order valence-corrected chi connectivity index (χ4v) is 2.49. The van der Waals surface area contributed by atoms with Crippen LogP contribution in [0.5, 0.6) is 0 Å². The number of unbranched alkanes of at least 4 members (excludes halogenated alkanes) is 1. The van der Waals surface area contributed by atoms with Crippen LogP contribution in [0.1, 0.15) is 66.2 Å². The van der Waals surface area contributed by atoms with E-state index >= 15 is 0 Å². The highest BCUT2D eigenvalue weighted by Gasteiger charge is 2.32. The van der Waals surface area contributed by atoms with E-state index in [2.05, 4.69) is 13.8 Å². The smallest absolute Gasteiger partial charge is 0.308 e. The molecule has 1 aliphatic rings. The van der Waals surface area contributed by atoms with Crippen LogP contribution in [0.15, 0.2) is 0 Å². The van der Waals surface area contributed by atoms with Crippen LogP contribution in [-0.2, 0) is 19.0 Å². The van der Waals surface area contributed by atoms with Gasteiger partial charge in [-0.3, -0.25) is 4.79 Å². The first-order valence-electron chi connectivity index (χ1n) is 7.97.